The molecule has 0 radical (unpaired) electrons. The van der Waals surface area contributed by atoms with E-state index in [0.29, 0.717) is 24.0 Å². The zero-order valence-electron chi connectivity index (χ0n) is 27.1. The van der Waals surface area contributed by atoms with Gasteiger partial charge >= 0.3 is 0 Å². The maximum absolute atomic E-state index is 13.4. The molecule has 3 aliphatic rings. The number of likely N-dealkylation sites (tertiary alicyclic amines) is 1. The molecule has 8 nitrogen and oxygen atoms in total. The molecule has 4 heterocycles. The largest absolute Gasteiger partial charge is 0.338 e. The quantitative estimate of drug-likeness (QED) is 0.362. The summed E-state index contributed by atoms with van der Waals surface area (Å²) >= 11 is 0. The Hall–Kier alpha value is -3.11. The summed E-state index contributed by atoms with van der Waals surface area (Å²) in [5.41, 5.74) is 3.88. The first-order valence-corrected chi connectivity index (χ1v) is 17.8. The number of amides is 1. The van der Waals surface area contributed by atoms with Gasteiger partial charge in [0.15, 0.2) is 0 Å². The second-order valence-corrected chi connectivity index (χ2v) is 15.5. The molecule has 9 heteroatoms. The van der Waals surface area contributed by atoms with Crippen LogP contribution in [0.25, 0.3) is 0 Å². The van der Waals surface area contributed by atoms with Crippen LogP contribution in [0, 0.1) is 19.8 Å². The van der Waals surface area contributed by atoms with Gasteiger partial charge in [0, 0.05) is 75.6 Å². The summed E-state index contributed by atoms with van der Waals surface area (Å²) in [6.07, 6.45) is 4.59. The van der Waals surface area contributed by atoms with Crippen LogP contribution in [-0.4, -0.2) is 102 Å². The molecular weight excluding hydrogens is 582 g/mol. The minimum Gasteiger partial charge on any atom is -0.338 e. The lowest BCUT2D eigenvalue weighted by atomic mass is 9.84. The molecule has 3 saturated heterocycles. The Balaban J connectivity index is 1.11. The standard InChI is InChI=1S/C36H47N5O3S/c1-27-15-18-37-29(3)34(27)35(42)38-19-16-36(4,17-20-38)39-21-22-41(28(2)24-39)33(23-30-11-7-5-8-12-30)31-25-40(26-31)45(43,44)32-13-9-6-10-14-32/h5-15,18,28,31,33H,16-17,19-26H2,1-4H3/t28-,33-/m0/s1. The molecule has 45 heavy (non-hydrogen) atoms. The van der Waals surface area contributed by atoms with Crippen molar-refractivity contribution in [1.82, 2.24) is 24.0 Å². The molecule has 3 aromatic rings. The molecular formula is C36H47N5O3S. The fourth-order valence-corrected chi connectivity index (χ4v) is 9.27. The van der Waals surface area contributed by atoms with Gasteiger partial charge < -0.3 is 4.90 Å². The molecule has 3 fully saturated rings. The normalized spacial score (nSPS) is 22.6. The average molecular weight is 630 g/mol. The van der Waals surface area contributed by atoms with Crippen molar-refractivity contribution in [2.45, 2.75) is 69.5 Å². The Labute approximate surface area is 269 Å². The summed E-state index contributed by atoms with van der Waals surface area (Å²) in [7, 11) is -3.48. The highest BCUT2D eigenvalue weighted by molar-refractivity contribution is 7.89. The zero-order valence-corrected chi connectivity index (χ0v) is 27.9. The van der Waals surface area contributed by atoms with Gasteiger partial charge in [-0.2, -0.15) is 4.31 Å². The number of nitrogens with zero attached hydrogens (tertiary/aromatic N) is 5. The highest BCUT2D eigenvalue weighted by atomic mass is 32.2. The summed E-state index contributed by atoms with van der Waals surface area (Å²) in [6.45, 7) is 14.1. The van der Waals surface area contributed by atoms with E-state index in [0.717, 1.165) is 68.8 Å². The zero-order chi connectivity index (χ0) is 31.8. The predicted molar refractivity (Wildman–Crippen MR) is 178 cm³/mol. The van der Waals surface area contributed by atoms with Gasteiger partial charge in [0.1, 0.15) is 0 Å². The van der Waals surface area contributed by atoms with Crippen molar-refractivity contribution in [3.05, 3.63) is 95.3 Å². The van der Waals surface area contributed by atoms with Gasteiger partial charge in [-0.1, -0.05) is 48.5 Å². The van der Waals surface area contributed by atoms with E-state index in [1.54, 1.807) is 34.8 Å². The lowest BCUT2D eigenvalue weighted by Gasteiger charge is -2.55. The van der Waals surface area contributed by atoms with Crippen molar-refractivity contribution in [2.75, 3.05) is 45.8 Å². The van der Waals surface area contributed by atoms with E-state index in [1.165, 1.54) is 5.56 Å². The van der Waals surface area contributed by atoms with Crippen molar-refractivity contribution in [3.8, 4) is 0 Å². The maximum atomic E-state index is 13.4. The number of piperazine rings is 1. The average Bonchev–Trinajstić information content (AvgIpc) is 3.01. The summed E-state index contributed by atoms with van der Waals surface area (Å²) in [5.74, 6) is 0.382. The van der Waals surface area contributed by atoms with Gasteiger partial charge in [-0.05, 0) is 76.3 Å². The van der Waals surface area contributed by atoms with E-state index in [2.05, 4.69) is 59.0 Å². The number of aromatic nitrogens is 1. The number of rotatable bonds is 8. The molecule has 0 N–H and O–H groups in total. The Morgan fingerprint density at radius 2 is 1.56 bits per heavy atom. The molecule has 2 aromatic carbocycles. The first-order chi connectivity index (χ1) is 21.6. The molecule has 0 saturated carbocycles. The van der Waals surface area contributed by atoms with E-state index < -0.39 is 10.0 Å². The van der Waals surface area contributed by atoms with Crippen LogP contribution in [-0.2, 0) is 16.4 Å². The summed E-state index contributed by atoms with van der Waals surface area (Å²) < 4.78 is 28.2. The van der Waals surface area contributed by atoms with Gasteiger partial charge in [0.2, 0.25) is 10.0 Å². The third-order valence-electron chi connectivity index (χ3n) is 10.6. The smallest absolute Gasteiger partial charge is 0.255 e. The SMILES string of the molecule is Cc1ccnc(C)c1C(=O)N1CCC(C)(N2CCN([C@@H](Cc3ccccc3)C3CN(S(=O)(=O)c4ccccc4)C3)[C@@H](C)C2)CC1. The molecule has 6 rings (SSSR count). The van der Waals surface area contributed by atoms with Crippen LogP contribution < -0.4 is 0 Å². The lowest BCUT2D eigenvalue weighted by molar-refractivity contribution is -0.0479. The third-order valence-corrected chi connectivity index (χ3v) is 12.5. The van der Waals surface area contributed by atoms with Gasteiger partial charge in [0.25, 0.3) is 5.91 Å². The van der Waals surface area contributed by atoms with Crippen molar-refractivity contribution in [3.63, 3.8) is 0 Å². The van der Waals surface area contributed by atoms with Crippen LogP contribution in [0.1, 0.15) is 53.9 Å². The fourth-order valence-electron chi connectivity index (χ4n) is 7.70. The van der Waals surface area contributed by atoms with Gasteiger partial charge in [-0.3, -0.25) is 19.6 Å². The van der Waals surface area contributed by atoms with Crippen molar-refractivity contribution in [1.29, 1.82) is 0 Å². The van der Waals surface area contributed by atoms with E-state index in [9.17, 15) is 13.2 Å². The predicted octanol–water partition coefficient (Wildman–Crippen LogP) is 4.63. The molecule has 0 unspecified atom stereocenters. The van der Waals surface area contributed by atoms with Crippen LogP contribution in [0.5, 0.6) is 0 Å². The molecule has 0 aliphatic carbocycles. The van der Waals surface area contributed by atoms with Crippen LogP contribution in [0.15, 0.2) is 77.8 Å². The third kappa shape index (κ3) is 6.45. The minimum absolute atomic E-state index is 0.0438. The number of sulfonamides is 1. The first kappa shape index (κ1) is 31.9. The number of benzene rings is 2. The number of carbonyl (C=O) groups excluding carboxylic acids is 1. The second kappa shape index (κ2) is 12.9. The number of piperidine rings is 1. The molecule has 240 valence electrons. The van der Waals surface area contributed by atoms with E-state index >= 15 is 0 Å². The highest BCUT2D eigenvalue weighted by Gasteiger charge is 2.46. The number of carbonyl (C=O) groups is 1. The van der Waals surface area contributed by atoms with Crippen molar-refractivity contribution >= 4 is 15.9 Å². The highest BCUT2D eigenvalue weighted by Crippen LogP contribution is 2.36. The van der Waals surface area contributed by atoms with Gasteiger partial charge in [-0.25, -0.2) is 8.42 Å². The fraction of sp³-hybridized carbons (Fsp3) is 0.500. The van der Waals surface area contributed by atoms with Crippen LogP contribution in [0.3, 0.4) is 0 Å². The maximum Gasteiger partial charge on any atom is 0.255 e. The number of aryl methyl sites for hydroxylation is 2. The van der Waals surface area contributed by atoms with Crippen molar-refractivity contribution < 1.29 is 13.2 Å². The van der Waals surface area contributed by atoms with E-state index in [1.807, 2.05) is 30.9 Å². The van der Waals surface area contributed by atoms with Crippen LogP contribution >= 0.6 is 0 Å². The monoisotopic (exact) mass is 629 g/mol. The summed E-state index contributed by atoms with van der Waals surface area (Å²) in [5, 5.41) is 0. The molecule has 0 bridgehead atoms. The molecule has 1 aromatic heterocycles. The summed E-state index contributed by atoms with van der Waals surface area (Å²) in [6, 6.07) is 21.9. The Kier molecular flexibility index (Phi) is 9.17. The van der Waals surface area contributed by atoms with Gasteiger partial charge in [-0.15, -0.1) is 0 Å². The Morgan fingerprint density at radius 1 is 0.911 bits per heavy atom. The molecule has 2 atom stereocenters. The van der Waals surface area contributed by atoms with Crippen molar-refractivity contribution in [2.24, 2.45) is 5.92 Å². The lowest BCUT2D eigenvalue weighted by Crippen LogP contribution is -2.66. The Morgan fingerprint density at radius 3 is 2.18 bits per heavy atom. The minimum atomic E-state index is -3.48. The Bertz CT molecular complexity index is 1570. The number of hydrogen-bond acceptors (Lipinski definition) is 6. The van der Waals surface area contributed by atoms with E-state index in [4.69, 9.17) is 0 Å². The van der Waals surface area contributed by atoms with Crippen LogP contribution in [0.2, 0.25) is 0 Å². The number of pyridine rings is 1. The summed E-state index contributed by atoms with van der Waals surface area (Å²) in [4.78, 5) is 25.5. The number of hydrogen-bond donors (Lipinski definition) is 0. The van der Waals surface area contributed by atoms with E-state index in [-0.39, 0.29) is 23.4 Å². The van der Waals surface area contributed by atoms with Gasteiger partial charge in [0.05, 0.1) is 16.2 Å². The molecule has 0 spiro atoms. The second-order valence-electron chi connectivity index (χ2n) is 13.6. The first-order valence-electron chi connectivity index (χ1n) is 16.4. The topological polar surface area (TPSA) is 77.1 Å². The molecule has 1 amide bonds. The van der Waals surface area contributed by atoms with Crippen LogP contribution in [0.4, 0.5) is 0 Å². The molecule has 3 aliphatic heterocycles.